The summed E-state index contributed by atoms with van der Waals surface area (Å²) in [5, 5.41) is 0. The number of hydrogen-bond donors (Lipinski definition) is 0. The van der Waals surface area contributed by atoms with Gasteiger partial charge in [-0.2, -0.15) is 0 Å². The summed E-state index contributed by atoms with van der Waals surface area (Å²) in [7, 11) is -0.955. The van der Waals surface area contributed by atoms with Gasteiger partial charge >= 0.3 is 0 Å². The van der Waals surface area contributed by atoms with Crippen molar-refractivity contribution in [1.82, 2.24) is 0 Å². The van der Waals surface area contributed by atoms with Crippen LogP contribution in [0.1, 0.15) is 43.2 Å². The first-order valence-corrected chi connectivity index (χ1v) is 12.8. The summed E-state index contributed by atoms with van der Waals surface area (Å²) < 4.78 is 25.5. The Bertz CT molecular complexity index is 739. The fourth-order valence-corrected chi connectivity index (χ4v) is 8.38. The van der Waals surface area contributed by atoms with Crippen molar-refractivity contribution in [2.24, 2.45) is 0 Å². The summed E-state index contributed by atoms with van der Waals surface area (Å²) in [6.07, 6.45) is 4.02. The molecule has 2 aromatic rings. The zero-order valence-corrected chi connectivity index (χ0v) is 16.8. The molecule has 0 saturated carbocycles. The molecule has 3 heteroatoms. The van der Waals surface area contributed by atoms with E-state index in [1.54, 1.807) is 12.1 Å². The lowest BCUT2D eigenvalue weighted by Crippen LogP contribution is -2.33. The molecule has 1 fully saturated rings. The molecular formula is C23H28F2Si. The highest BCUT2D eigenvalue weighted by Crippen LogP contribution is 2.41. The van der Waals surface area contributed by atoms with Crippen LogP contribution in [0.15, 0.2) is 54.9 Å². The van der Waals surface area contributed by atoms with Gasteiger partial charge in [-0.05, 0) is 35.4 Å². The van der Waals surface area contributed by atoms with Crippen LogP contribution in [0.4, 0.5) is 8.78 Å². The van der Waals surface area contributed by atoms with Gasteiger partial charge in [0.1, 0.15) is 6.33 Å². The van der Waals surface area contributed by atoms with Crippen molar-refractivity contribution in [3.05, 3.63) is 66.0 Å². The highest BCUT2D eigenvalue weighted by atomic mass is 28.3. The van der Waals surface area contributed by atoms with E-state index in [9.17, 15) is 8.78 Å². The van der Waals surface area contributed by atoms with Gasteiger partial charge in [0.05, 0.1) is 8.07 Å². The fourth-order valence-electron chi connectivity index (χ4n) is 4.33. The van der Waals surface area contributed by atoms with Crippen molar-refractivity contribution in [1.29, 1.82) is 0 Å². The summed E-state index contributed by atoms with van der Waals surface area (Å²) in [5.74, 6) is -0.129. The average Bonchev–Trinajstić information content (AvgIpc) is 2.68. The number of halogens is 2. The Morgan fingerprint density at radius 1 is 1.00 bits per heavy atom. The van der Waals surface area contributed by atoms with Crippen LogP contribution < -0.4 is 0 Å². The average molecular weight is 371 g/mol. The predicted octanol–water partition coefficient (Wildman–Crippen LogP) is 7.96. The Kier molecular flexibility index (Phi) is 6.07. The number of rotatable bonds is 5. The standard InChI is InChI=1S/C23H28F2Si/c1-3-14-26(2)15-12-21(13-16-26)20-6-4-18(5-7-20)19-8-10-22(11-9-19)23(25)17-24/h4-11,17,21H,3,12-16H2,1-2H3/t21-,26-. The molecule has 0 unspecified atom stereocenters. The fraction of sp³-hybridized carbons (Fsp3) is 0.391. The Hall–Kier alpha value is -1.74. The van der Waals surface area contributed by atoms with Crippen molar-refractivity contribution in [3.8, 4) is 11.1 Å². The van der Waals surface area contributed by atoms with Crippen molar-refractivity contribution >= 4 is 13.9 Å². The third-order valence-corrected chi connectivity index (χ3v) is 10.7. The summed E-state index contributed by atoms with van der Waals surface area (Å²) in [6.45, 7) is 4.90. The van der Waals surface area contributed by atoms with Gasteiger partial charge in [-0.3, -0.25) is 0 Å². The molecule has 0 bridgehead atoms. The molecule has 0 atom stereocenters. The highest BCUT2D eigenvalue weighted by molar-refractivity contribution is 6.78. The Balaban J connectivity index is 1.67. The van der Waals surface area contributed by atoms with E-state index in [1.807, 2.05) is 12.1 Å². The van der Waals surface area contributed by atoms with Crippen LogP contribution in [0, 0.1) is 0 Å². The molecule has 0 N–H and O–H groups in total. The minimum Gasteiger partial charge on any atom is -0.212 e. The predicted molar refractivity (Wildman–Crippen MR) is 110 cm³/mol. The lowest BCUT2D eigenvalue weighted by molar-refractivity contribution is 0.597. The third-order valence-electron chi connectivity index (χ3n) is 6.02. The molecule has 2 aromatic carbocycles. The van der Waals surface area contributed by atoms with E-state index in [-0.39, 0.29) is 11.9 Å². The molecule has 1 saturated heterocycles. The largest absolute Gasteiger partial charge is 0.212 e. The second-order valence-electron chi connectivity index (χ2n) is 7.99. The molecule has 0 amide bonds. The molecule has 0 aromatic heterocycles. The van der Waals surface area contributed by atoms with Crippen LogP contribution in [-0.2, 0) is 0 Å². The van der Waals surface area contributed by atoms with E-state index in [0.717, 1.165) is 11.1 Å². The minimum absolute atomic E-state index is 0.00231. The van der Waals surface area contributed by atoms with Gasteiger partial charge in [-0.1, -0.05) is 86.6 Å². The quantitative estimate of drug-likeness (QED) is 0.468. The molecule has 26 heavy (non-hydrogen) atoms. The maximum absolute atomic E-state index is 13.2. The first-order chi connectivity index (χ1) is 12.5. The van der Waals surface area contributed by atoms with Crippen molar-refractivity contribution in [2.75, 3.05) is 0 Å². The van der Waals surface area contributed by atoms with E-state index >= 15 is 0 Å². The number of hydrogen-bond acceptors (Lipinski definition) is 0. The van der Waals surface area contributed by atoms with Crippen LogP contribution in [-0.4, -0.2) is 8.07 Å². The minimum atomic E-state index is -0.955. The van der Waals surface area contributed by atoms with Crippen molar-refractivity contribution in [2.45, 2.75) is 56.8 Å². The SMILES string of the molecule is CCC[Si@]1(C)CC[C@@H](c2ccc(-c3ccc(C(F)=CF)cc3)cc2)CC1. The number of benzene rings is 2. The topological polar surface area (TPSA) is 0 Å². The molecule has 0 spiro atoms. The lowest BCUT2D eigenvalue weighted by atomic mass is 9.92. The second-order valence-corrected chi connectivity index (χ2v) is 13.1. The van der Waals surface area contributed by atoms with Gasteiger partial charge in [-0.25, -0.2) is 8.78 Å². The Morgan fingerprint density at radius 2 is 1.54 bits per heavy atom. The summed E-state index contributed by atoms with van der Waals surface area (Å²) >= 11 is 0. The first kappa shape index (κ1) is 19.0. The maximum atomic E-state index is 13.2. The monoisotopic (exact) mass is 370 g/mol. The maximum Gasteiger partial charge on any atom is 0.158 e. The molecule has 3 rings (SSSR count). The summed E-state index contributed by atoms with van der Waals surface area (Å²) in [4.78, 5) is 0. The van der Waals surface area contributed by atoms with Crippen LogP contribution in [0.3, 0.4) is 0 Å². The smallest absolute Gasteiger partial charge is 0.158 e. The molecule has 0 nitrogen and oxygen atoms in total. The Labute approximate surface area is 157 Å². The molecule has 1 aliphatic rings. The second kappa shape index (κ2) is 8.30. The van der Waals surface area contributed by atoms with Gasteiger partial charge in [-0.15, -0.1) is 0 Å². The zero-order valence-electron chi connectivity index (χ0n) is 15.8. The first-order valence-electron chi connectivity index (χ1n) is 9.71. The summed E-state index contributed by atoms with van der Waals surface area (Å²) in [5.41, 5.74) is 3.86. The van der Waals surface area contributed by atoms with Crippen molar-refractivity contribution < 1.29 is 8.78 Å². The zero-order chi connectivity index (χ0) is 18.6. The van der Waals surface area contributed by atoms with E-state index in [0.29, 0.717) is 5.92 Å². The van der Waals surface area contributed by atoms with E-state index in [4.69, 9.17) is 0 Å². The van der Waals surface area contributed by atoms with Gasteiger partial charge < -0.3 is 0 Å². The van der Waals surface area contributed by atoms with Crippen LogP contribution in [0.25, 0.3) is 17.0 Å². The normalized spacial score (nSPS) is 23.8. The molecule has 1 heterocycles. The summed E-state index contributed by atoms with van der Waals surface area (Å²) in [6, 6.07) is 20.1. The van der Waals surface area contributed by atoms with Crippen LogP contribution in [0.5, 0.6) is 0 Å². The van der Waals surface area contributed by atoms with Crippen molar-refractivity contribution in [3.63, 3.8) is 0 Å². The molecule has 0 radical (unpaired) electrons. The van der Waals surface area contributed by atoms with E-state index in [1.165, 1.54) is 43.0 Å². The highest BCUT2D eigenvalue weighted by Gasteiger charge is 2.32. The van der Waals surface area contributed by atoms with Crippen LogP contribution >= 0.6 is 0 Å². The lowest BCUT2D eigenvalue weighted by Gasteiger charge is -2.36. The van der Waals surface area contributed by atoms with Crippen LogP contribution in [0.2, 0.25) is 24.7 Å². The van der Waals surface area contributed by atoms with E-state index in [2.05, 4.69) is 37.7 Å². The van der Waals surface area contributed by atoms with Gasteiger partial charge in [0.25, 0.3) is 0 Å². The molecule has 138 valence electrons. The van der Waals surface area contributed by atoms with Gasteiger partial charge in [0.15, 0.2) is 5.83 Å². The van der Waals surface area contributed by atoms with E-state index < -0.39 is 13.9 Å². The van der Waals surface area contributed by atoms with Gasteiger partial charge in [0, 0.05) is 5.56 Å². The molecule has 1 aliphatic heterocycles. The Morgan fingerprint density at radius 3 is 2.04 bits per heavy atom. The molecule has 0 aliphatic carbocycles. The molecular weight excluding hydrogens is 342 g/mol. The van der Waals surface area contributed by atoms with Gasteiger partial charge in [0.2, 0.25) is 0 Å². The third kappa shape index (κ3) is 4.32.